The number of aliphatic imine (C=N–C) groups is 1. The Bertz CT molecular complexity index is 687. The van der Waals surface area contributed by atoms with E-state index >= 15 is 0 Å². The molecule has 2 N–H and O–H groups in total. The zero-order valence-electron chi connectivity index (χ0n) is 12.7. The van der Waals surface area contributed by atoms with Gasteiger partial charge in [0.15, 0.2) is 5.75 Å². The maximum absolute atomic E-state index is 11.8. The maximum Gasteiger partial charge on any atom is 0.343 e. The molecule has 0 amide bonds. The number of H-pyrrole nitrogens is 1. The topological polar surface area (TPSA) is 83.9 Å². The molecule has 0 fully saturated rings. The molecule has 2 aromatic rings. The Balaban J connectivity index is 2.24. The van der Waals surface area contributed by atoms with Crippen molar-refractivity contribution in [3.05, 3.63) is 41.2 Å². The smallest absolute Gasteiger partial charge is 0.343 e. The summed E-state index contributed by atoms with van der Waals surface area (Å²) in [6, 6.07) is 7.15. The SMILES string of the molecule is CCOC(=O)c1c(C)[nH]c(C=Nc2ccc(OC)cc2)c1O. The van der Waals surface area contributed by atoms with Crippen molar-refractivity contribution >= 4 is 17.9 Å². The van der Waals surface area contributed by atoms with Crippen molar-refractivity contribution in [3.8, 4) is 11.5 Å². The van der Waals surface area contributed by atoms with Crippen LogP contribution in [-0.2, 0) is 4.74 Å². The lowest BCUT2D eigenvalue weighted by Crippen LogP contribution is -2.05. The van der Waals surface area contributed by atoms with E-state index in [0.29, 0.717) is 17.1 Å². The zero-order valence-corrected chi connectivity index (χ0v) is 12.7. The highest BCUT2D eigenvalue weighted by atomic mass is 16.5. The third-order valence-corrected chi connectivity index (χ3v) is 3.08. The highest BCUT2D eigenvalue weighted by molar-refractivity contribution is 5.98. The van der Waals surface area contributed by atoms with E-state index in [1.165, 1.54) is 6.21 Å². The van der Waals surface area contributed by atoms with E-state index in [1.807, 2.05) is 0 Å². The molecule has 0 unspecified atom stereocenters. The summed E-state index contributed by atoms with van der Waals surface area (Å²) in [5, 5.41) is 10.1. The second kappa shape index (κ2) is 6.80. The number of aromatic nitrogens is 1. The summed E-state index contributed by atoms with van der Waals surface area (Å²) in [7, 11) is 1.59. The number of ether oxygens (including phenoxy) is 2. The van der Waals surface area contributed by atoms with E-state index in [-0.39, 0.29) is 17.9 Å². The van der Waals surface area contributed by atoms with Gasteiger partial charge in [-0.05, 0) is 38.1 Å². The molecule has 1 heterocycles. The van der Waals surface area contributed by atoms with Gasteiger partial charge < -0.3 is 19.6 Å². The highest BCUT2D eigenvalue weighted by Gasteiger charge is 2.20. The van der Waals surface area contributed by atoms with Crippen molar-refractivity contribution in [1.82, 2.24) is 4.98 Å². The normalized spacial score (nSPS) is 10.9. The Hall–Kier alpha value is -2.76. The summed E-state index contributed by atoms with van der Waals surface area (Å²) in [6.45, 7) is 3.65. The summed E-state index contributed by atoms with van der Waals surface area (Å²) in [5.74, 6) is 0.0215. The van der Waals surface area contributed by atoms with E-state index < -0.39 is 5.97 Å². The molecule has 1 aromatic heterocycles. The molecule has 0 spiro atoms. The van der Waals surface area contributed by atoms with Crippen LogP contribution >= 0.6 is 0 Å². The van der Waals surface area contributed by atoms with E-state index in [1.54, 1.807) is 45.2 Å². The van der Waals surface area contributed by atoms with Gasteiger partial charge in [-0.3, -0.25) is 4.99 Å². The number of carbonyl (C=O) groups is 1. The van der Waals surface area contributed by atoms with E-state index in [2.05, 4.69) is 9.98 Å². The molecule has 2 rings (SSSR count). The summed E-state index contributed by atoms with van der Waals surface area (Å²) in [5.41, 5.74) is 1.73. The summed E-state index contributed by atoms with van der Waals surface area (Å²) >= 11 is 0. The first-order valence-electron chi connectivity index (χ1n) is 6.83. The first-order chi connectivity index (χ1) is 10.6. The fraction of sp³-hybridized carbons (Fsp3) is 0.250. The molecule has 0 aliphatic heterocycles. The molecule has 0 saturated carbocycles. The molecule has 116 valence electrons. The van der Waals surface area contributed by atoms with Crippen molar-refractivity contribution in [2.75, 3.05) is 13.7 Å². The molecule has 6 heteroatoms. The third kappa shape index (κ3) is 3.28. The number of aryl methyl sites for hydroxylation is 1. The van der Waals surface area contributed by atoms with Gasteiger partial charge in [0.1, 0.15) is 17.0 Å². The van der Waals surface area contributed by atoms with Crippen molar-refractivity contribution < 1.29 is 19.4 Å². The lowest BCUT2D eigenvalue weighted by atomic mass is 10.2. The van der Waals surface area contributed by atoms with Gasteiger partial charge in [-0.1, -0.05) is 0 Å². The monoisotopic (exact) mass is 302 g/mol. The lowest BCUT2D eigenvalue weighted by Gasteiger charge is -2.01. The standard InChI is InChI=1S/C16H18N2O4/c1-4-22-16(20)14-10(2)18-13(15(14)19)9-17-11-5-7-12(21-3)8-6-11/h5-9,18-19H,4H2,1-3H3. The van der Waals surface area contributed by atoms with Crippen LogP contribution in [0.2, 0.25) is 0 Å². The fourth-order valence-electron chi connectivity index (χ4n) is 1.99. The van der Waals surface area contributed by atoms with Gasteiger partial charge in [-0.2, -0.15) is 0 Å². The molecule has 0 bridgehead atoms. The number of nitrogens with zero attached hydrogens (tertiary/aromatic N) is 1. The minimum atomic E-state index is -0.558. The quantitative estimate of drug-likeness (QED) is 0.657. The van der Waals surface area contributed by atoms with Gasteiger partial charge in [-0.25, -0.2) is 4.79 Å². The summed E-state index contributed by atoms with van der Waals surface area (Å²) in [6.07, 6.45) is 1.47. The first-order valence-corrected chi connectivity index (χ1v) is 6.83. The number of methoxy groups -OCH3 is 1. The summed E-state index contributed by atoms with van der Waals surface area (Å²) in [4.78, 5) is 19.0. The molecule has 0 atom stereocenters. The second-order valence-corrected chi connectivity index (χ2v) is 4.56. The number of aromatic amines is 1. The molecule has 6 nitrogen and oxygen atoms in total. The Morgan fingerprint density at radius 3 is 2.64 bits per heavy atom. The number of hydrogen-bond donors (Lipinski definition) is 2. The van der Waals surface area contributed by atoms with Crippen LogP contribution in [0.3, 0.4) is 0 Å². The van der Waals surface area contributed by atoms with Crippen LogP contribution in [0.1, 0.15) is 28.7 Å². The van der Waals surface area contributed by atoms with Crippen LogP contribution in [0, 0.1) is 6.92 Å². The predicted octanol–water partition coefficient (Wildman–Crippen LogP) is 2.96. The maximum atomic E-state index is 11.8. The fourth-order valence-corrected chi connectivity index (χ4v) is 1.99. The molecular weight excluding hydrogens is 284 g/mol. The van der Waals surface area contributed by atoms with Crippen LogP contribution in [0.5, 0.6) is 11.5 Å². The van der Waals surface area contributed by atoms with Crippen LogP contribution in [0.25, 0.3) is 0 Å². The molecule has 0 aliphatic rings. The number of aromatic hydroxyl groups is 1. The minimum Gasteiger partial charge on any atom is -0.505 e. The number of rotatable bonds is 5. The molecular formula is C16H18N2O4. The number of carbonyl (C=O) groups excluding carboxylic acids is 1. The second-order valence-electron chi connectivity index (χ2n) is 4.56. The van der Waals surface area contributed by atoms with Crippen molar-refractivity contribution in [2.45, 2.75) is 13.8 Å². The van der Waals surface area contributed by atoms with Crippen LogP contribution in [0.15, 0.2) is 29.3 Å². The Morgan fingerprint density at radius 2 is 2.05 bits per heavy atom. The predicted molar refractivity (Wildman–Crippen MR) is 83.4 cm³/mol. The summed E-state index contributed by atoms with van der Waals surface area (Å²) < 4.78 is 9.98. The number of esters is 1. The Kier molecular flexibility index (Phi) is 4.83. The number of hydrogen-bond acceptors (Lipinski definition) is 5. The van der Waals surface area contributed by atoms with Crippen LogP contribution in [-0.4, -0.2) is 36.0 Å². The van der Waals surface area contributed by atoms with Gasteiger partial charge in [0.05, 0.1) is 25.6 Å². The van der Waals surface area contributed by atoms with Gasteiger partial charge in [0.2, 0.25) is 0 Å². The zero-order chi connectivity index (χ0) is 16.1. The van der Waals surface area contributed by atoms with Gasteiger partial charge in [0.25, 0.3) is 0 Å². The van der Waals surface area contributed by atoms with Crippen LogP contribution in [0.4, 0.5) is 5.69 Å². The van der Waals surface area contributed by atoms with Gasteiger partial charge in [0, 0.05) is 5.69 Å². The van der Waals surface area contributed by atoms with Gasteiger partial charge in [-0.15, -0.1) is 0 Å². The highest BCUT2D eigenvalue weighted by Crippen LogP contribution is 2.26. The lowest BCUT2D eigenvalue weighted by molar-refractivity contribution is 0.0522. The third-order valence-electron chi connectivity index (χ3n) is 3.08. The van der Waals surface area contributed by atoms with Crippen LogP contribution < -0.4 is 4.74 Å². The molecule has 1 aromatic carbocycles. The Morgan fingerprint density at radius 1 is 1.36 bits per heavy atom. The van der Waals surface area contributed by atoms with Crippen molar-refractivity contribution in [3.63, 3.8) is 0 Å². The average molecular weight is 302 g/mol. The number of benzene rings is 1. The van der Waals surface area contributed by atoms with E-state index in [9.17, 15) is 9.90 Å². The van der Waals surface area contributed by atoms with E-state index in [0.717, 1.165) is 5.75 Å². The van der Waals surface area contributed by atoms with Crippen molar-refractivity contribution in [2.24, 2.45) is 4.99 Å². The average Bonchev–Trinajstić information content (AvgIpc) is 2.80. The molecule has 22 heavy (non-hydrogen) atoms. The molecule has 0 saturated heterocycles. The van der Waals surface area contributed by atoms with E-state index in [4.69, 9.17) is 9.47 Å². The molecule has 0 radical (unpaired) electrons. The Labute approximate surface area is 128 Å². The minimum absolute atomic E-state index is 0.137. The van der Waals surface area contributed by atoms with Crippen molar-refractivity contribution in [1.29, 1.82) is 0 Å². The van der Waals surface area contributed by atoms with Gasteiger partial charge >= 0.3 is 5.97 Å². The largest absolute Gasteiger partial charge is 0.505 e. The molecule has 0 aliphatic carbocycles. The number of nitrogens with one attached hydrogen (secondary N) is 1. The first kappa shape index (κ1) is 15.6.